The minimum Gasteiger partial charge on any atom is -0.486 e. The van der Waals surface area contributed by atoms with Crippen LogP contribution in [0.3, 0.4) is 0 Å². The Morgan fingerprint density at radius 1 is 1.29 bits per heavy atom. The molecule has 1 atom stereocenters. The average Bonchev–Trinajstić information content (AvgIpc) is 3.34. The number of aromatic nitrogens is 4. The molecular weight excluding hydrogens is 530 g/mol. The molecule has 0 saturated heterocycles. The molecule has 0 aliphatic carbocycles. The van der Waals surface area contributed by atoms with Crippen LogP contribution in [0.15, 0.2) is 38.5 Å². The van der Waals surface area contributed by atoms with E-state index < -0.39 is 45.0 Å². The average molecular weight is 557 g/mol. The summed E-state index contributed by atoms with van der Waals surface area (Å²) in [6, 6.07) is 4.29. The van der Waals surface area contributed by atoms with Crippen molar-refractivity contribution in [3.8, 4) is 5.75 Å². The molecule has 0 radical (unpaired) electrons. The molecule has 0 fully saturated rings. The van der Waals surface area contributed by atoms with E-state index in [2.05, 4.69) is 15.5 Å². The van der Waals surface area contributed by atoms with Gasteiger partial charge in [0.1, 0.15) is 22.4 Å². The van der Waals surface area contributed by atoms with Gasteiger partial charge in [-0.2, -0.15) is 18.6 Å². The first-order valence-electron chi connectivity index (χ1n) is 11.3. The van der Waals surface area contributed by atoms with Gasteiger partial charge in [0.2, 0.25) is 5.89 Å². The molecule has 4 rings (SSSR count). The van der Waals surface area contributed by atoms with Gasteiger partial charge in [0.25, 0.3) is 10.0 Å². The highest BCUT2D eigenvalue weighted by Gasteiger charge is 2.38. The maximum absolute atomic E-state index is 13.8. The number of halogens is 2. The third kappa shape index (κ3) is 5.64. The molecule has 38 heavy (non-hydrogen) atoms. The Morgan fingerprint density at radius 2 is 2.00 bits per heavy atom. The summed E-state index contributed by atoms with van der Waals surface area (Å²) in [6.07, 6.45) is -0.930. The number of sulfonamides is 1. The van der Waals surface area contributed by atoms with Crippen LogP contribution in [-0.4, -0.2) is 52.3 Å². The van der Waals surface area contributed by atoms with Gasteiger partial charge in [0.15, 0.2) is 0 Å². The summed E-state index contributed by atoms with van der Waals surface area (Å²) >= 11 is 0. The molecule has 3 heterocycles. The van der Waals surface area contributed by atoms with Crippen LogP contribution >= 0.6 is 0 Å². The van der Waals surface area contributed by atoms with Gasteiger partial charge in [-0.25, -0.2) is 22.7 Å². The molecule has 3 aromatic rings. The van der Waals surface area contributed by atoms with Crippen molar-refractivity contribution in [3.63, 3.8) is 0 Å². The number of nitrogens with zero attached hydrogens (tertiary/aromatic N) is 5. The molecule has 1 N–H and O–H groups in total. The molecule has 13 nitrogen and oxygen atoms in total. The predicted octanol–water partition coefficient (Wildman–Crippen LogP) is 2.82. The standard InChI is InChI=1S/C22H26F2N6O7S/c1-12-17(11-29(26-12)19(23)24)38(33,34)30-10-14(9-18-27-28(5)21(32)36-18)35-16-7-6-13(8-15(16)30)25-20(31)37-22(2,3)4/h6-8,11,14,19H,9-10H2,1-5H3,(H,25,31). The third-order valence-corrected chi connectivity index (χ3v) is 7.19. The topological polar surface area (TPSA) is 151 Å². The first-order valence-corrected chi connectivity index (χ1v) is 12.8. The quantitative estimate of drug-likeness (QED) is 0.483. The number of hydrogen-bond acceptors (Lipinski definition) is 9. The predicted molar refractivity (Wildman–Crippen MR) is 129 cm³/mol. The number of hydrogen-bond donors (Lipinski definition) is 1. The van der Waals surface area contributed by atoms with Crippen LogP contribution in [0.4, 0.5) is 25.0 Å². The molecule has 16 heteroatoms. The molecule has 1 aliphatic rings. The zero-order valence-electron chi connectivity index (χ0n) is 21.1. The van der Waals surface area contributed by atoms with E-state index >= 15 is 0 Å². The highest BCUT2D eigenvalue weighted by atomic mass is 32.2. The van der Waals surface area contributed by atoms with Crippen LogP contribution < -0.4 is 20.1 Å². The van der Waals surface area contributed by atoms with Gasteiger partial charge < -0.3 is 13.9 Å². The fraction of sp³-hybridized carbons (Fsp3) is 0.455. The Hall–Kier alpha value is -3.95. The number of aryl methyl sites for hydroxylation is 2. The van der Waals surface area contributed by atoms with Gasteiger partial charge in [-0.3, -0.25) is 9.62 Å². The number of ether oxygens (including phenoxy) is 2. The molecule has 0 bridgehead atoms. The van der Waals surface area contributed by atoms with Crippen molar-refractivity contribution in [1.82, 2.24) is 19.6 Å². The number of fused-ring (bicyclic) bond motifs is 1. The second kappa shape index (κ2) is 9.74. The Bertz CT molecular complexity index is 1520. The van der Waals surface area contributed by atoms with Crippen LogP contribution in [0, 0.1) is 6.92 Å². The van der Waals surface area contributed by atoms with E-state index in [9.17, 15) is 26.8 Å². The summed E-state index contributed by atoms with van der Waals surface area (Å²) < 4.78 is 72.4. The zero-order chi connectivity index (χ0) is 28.0. The van der Waals surface area contributed by atoms with Crippen LogP contribution in [0.25, 0.3) is 0 Å². The zero-order valence-corrected chi connectivity index (χ0v) is 22.0. The lowest BCUT2D eigenvalue weighted by molar-refractivity contribution is 0.0560. The van der Waals surface area contributed by atoms with Crippen molar-refractivity contribution in [3.05, 3.63) is 46.5 Å². The molecule has 1 aliphatic heterocycles. The Labute approximate surface area is 216 Å². The first kappa shape index (κ1) is 27.1. The lowest BCUT2D eigenvalue weighted by Gasteiger charge is -2.35. The summed E-state index contributed by atoms with van der Waals surface area (Å²) in [5.41, 5.74) is -0.654. The van der Waals surface area contributed by atoms with Crippen LogP contribution in [-0.2, 0) is 28.2 Å². The summed E-state index contributed by atoms with van der Waals surface area (Å²) in [7, 11) is -3.05. The maximum Gasteiger partial charge on any atom is 0.436 e. The number of carbonyl (C=O) groups excluding carboxylic acids is 1. The molecule has 1 aromatic carbocycles. The second-order valence-corrected chi connectivity index (χ2v) is 11.3. The van der Waals surface area contributed by atoms with Crippen LogP contribution in [0.5, 0.6) is 5.75 Å². The van der Waals surface area contributed by atoms with Crippen molar-refractivity contribution in [1.29, 1.82) is 0 Å². The normalized spacial score (nSPS) is 15.8. The number of nitrogens with one attached hydrogen (secondary N) is 1. The fourth-order valence-electron chi connectivity index (χ4n) is 3.75. The lowest BCUT2D eigenvalue weighted by atomic mass is 10.1. The summed E-state index contributed by atoms with van der Waals surface area (Å²) in [5.74, 6) is -0.557. The fourth-order valence-corrected chi connectivity index (χ4v) is 5.41. The minimum absolute atomic E-state index is 0.0215. The summed E-state index contributed by atoms with van der Waals surface area (Å²) in [4.78, 5) is 23.5. The maximum atomic E-state index is 13.8. The Balaban J connectivity index is 1.73. The number of carbonyl (C=O) groups is 1. The summed E-state index contributed by atoms with van der Waals surface area (Å²) in [5, 5.41) is 10.1. The second-order valence-electron chi connectivity index (χ2n) is 9.51. The highest BCUT2D eigenvalue weighted by Crippen LogP contribution is 2.40. The van der Waals surface area contributed by atoms with E-state index in [1.54, 1.807) is 20.8 Å². The van der Waals surface area contributed by atoms with Crippen molar-refractivity contribution in [2.45, 2.75) is 57.3 Å². The monoisotopic (exact) mass is 556 g/mol. The van der Waals surface area contributed by atoms with Gasteiger partial charge >= 0.3 is 18.4 Å². The van der Waals surface area contributed by atoms with Crippen molar-refractivity contribution in [2.75, 3.05) is 16.2 Å². The Kier molecular flexibility index (Phi) is 6.94. The molecule has 0 spiro atoms. The molecule has 1 unspecified atom stereocenters. The molecule has 206 valence electrons. The first-order chi connectivity index (χ1) is 17.6. The van der Waals surface area contributed by atoms with Crippen molar-refractivity contribution >= 4 is 27.5 Å². The largest absolute Gasteiger partial charge is 0.486 e. The van der Waals surface area contributed by atoms with Gasteiger partial charge in [-0.1, -0.05) is 0 Å². The van der Waals surface area contributed by atoms with Gasteiger partial charge in [-0.05, 0) is 45.9 Å². The smallest absolute Gasteiger partial charge is 0.436 e. The number of rotatable bonds is 6. The van der Waals surface area contributed by atoms with E-state index in [1.807, 2.05) is 0 Å². The number of benzene rings is 1. The van der Waals surface area contributed by atoms with Crippen molar-refractivity contribution in [2.24, 2.45) is 7.05 Å². The number of amides is 1. The lowest BCUT2D eigenvalue weighted by Crippen LogP contribution is -2.44. The van der Waals surface area contributed by atoms with Crippen LogP contribution in [0.2, 0.25) is 0 Å². The van der Waals surface area contributed by atoms with Crippen LogP contribution in [0.1, 0.15) is 38.9 Å². The molecule has 0 saturated carbocycles. The van der Waals surface area contributed by atoms with Gasteiger partial charge in [-0.15, -0.1) is 5.10 Å². The van der Waals surface area contributed by atoms with Gasteiger partial charge in [0, 0.05) is 12.7 Å². The summed E-state index contributed by atoms with van der Waals surface area (Å²) in [6.45, 7) is 3.03. The van der Waals surface area contributed by atoms with Gasteiger partial charge in [0.05, 0.1) is 30.5 Å². The van der Waals surface area contributed by atoms with E-state index in [1.165, 1.54) is 32.2 Å². The molecule has 1 amide bonds. The molecule has 2 aromatic heterocycles. The van der Waals surface area contributed by atoms with E-state index in [0.717, 1.165) is 15.2 Å². The molecular formula is C22H26F2N6O7S. The van der Waals surface area contributed by atoms with E-state index in [4.69, 9.17) is 13.9 Å². The van der Waals surface area contributed by atoms with E-state index in [0.29, 0.717) is 0 Å². The highest BCUT2D eigenvalue weighted by molar-refractivity contribution is 7.92. The van der Waals surface area contributed by atoms with Crippen molar-refractivity contribution < 1.29 is 35.9 Å². The SMILES string of the molecule is Cc1nn(C(F)F)cc1S(=O)(=O)N1CC(Cc2nn(C)c(=O)o2)Oc2ccc(NC(=O)OC(C)(C)C)cc21. The number of anilines is 2. The number of alkyl halides is 2. The minimum atomic E-state index is -4.45. The third-order valence-electron chi connectivity index (χ3n) is 5.31. The Morgan fingerprint density at radius 3 is 2.58 bits per heavy atom. The van der Waals surface area contributed by atoms with E-state index in [-0.39, 0.29) is 46.4 Å².